The molecule has 0 bridgehead atoms. The van der Waals surface area contributed by atoms with E-state index in [1.807, 2.05) is 18.2 Å². The summed E-state index contributed by atoms with van der Waals surface area (Å²) < 4.78 is 28.0. The van der Waals surface area contributed by atoms with Gasteiger partial charge in [-0.05, 0) is 24.3 Å². The van der Waals surface area contributed by atoms with Crippen molar-refractivity contribution in [2.24, 2.45) is 0 Å². The first kappa shape index (κ1) is 13.9. The number of Topliss-reactive ketones (excluding diaryl/α,β-unsaturated/α-hetero) is 1. The van der Waals surface area contributed by atoms with Gasteiger partial charge in [0.1, 0.15) is 11.6 Å². The van der Waals surface area contributed by atoms with Crippen LogP contribution < -0.4 is 0 Å². The Balaban J connectivity index is 2.02. The monoisotopic (exact) mass is 349 g/mol. The van der Waals surface area contributed by atoms with Crippen molar-refractivity contribution in [3.8, 4) is 0 Å². The number of nitrogens with one attached hydrogen (secondary N) is 1. The molecule has 0 fully saturated rings. The number of hydrogen-bond acceptors (Lipinski definition) is 1. The molecule has 0 aliphatic carbocycles. The Kier molecular flexibility index (Phi) is 3.59. The molecular formula is C16H10BrF2NO. The summed E-state index contributed by atoms with van der Waals surface area (Å²) in [7, 11) is 0. The maximum Gasteiger partial charge on any atom is 0.169 e. The van der Waals surface area contributed by atoms with E-state index in [4.69, 9.17) is 0 Å². The van der Waals surface area contributed by atoms with E-state index in [0.717, 1.165) is 27.5 Å². The number of aromatic amines is 1. The van der Waals surface area contributed by atoms with Crippen LogP contribution in [0, 0.1) is 11.6 Å². The second-order valence-corrected chi connectivity index (χ2v) is 5.52. The smallest absolute Gasteiger partial charge is 0.169 e. The molecule has 0 spiro atoms. The summed E-state index contributed by atoms with van der Waals surface area (Å²) >= 11 is 3.39. The van der Waals surface area contributed by atoms with Crippen LogP contribution in [0.2, 0.25) is 0 Å². The number of carbonyl (C=O) groups is 1. The van der Waals surface area contributed by atoms with Crippen LogP contribution in [0.4, 0.5) is 8.78 Å². The van der Waals surface area contributed by atoms with E-state index in [1.165, 1.54) is 6.07 Å². The minimum absolute atomic E-state index is 0.205. The summed E-state index contributed by atoms with van der Waals surface area (Å²) in [6.07, 6.45) is 1.25. The van der Waals surface area contributed by atoms with Crippen molar-refractivity contribution in [2.75, 3.05) is 0 Å². The largest absolute Gasteiger partial charge is 0.360 e. The fraction of sp³-hybridized carbons (Fsp3) is 0.0625. The van der Waals surface area contributed by atoms with E-state index in [1.54, 1.807) is 6.20 Å². The second-order valence-electron chi connectivity index (χ2n) is 4.66. The molecule has 2 aromatic carbocycles. The third-order valence-electron chi connectivity index (χ3n) is 3.35. The van der Waals surface area contributed by atoms with Gasteiger partial charge in [-0.25, -0.2) is 8.78 Å². The average molecular weight is 350 g/mol. The molecule has 1 aromatic heterocycles. The number of aromatic nitrogens is 1. The SMILES string of the molecule is O=C(Cc1c(F)cccc1F)c1c[nH]c2cccc(Br)c12. The first-order valence-electron chi connectivity index (χ1n) is 6.29. The summed E-state index contributed by atoms with van der Waals surface area (Å²) in [6.45, 7) is 0. The van der Waals surface area contributed by atoms with Crippen molar-refractivity contribution in [3.63, 3.8) is 0 Å². The fourth-order valence-electron chi connectivity index (χ4n) is 2.32. The lowest BCUT2D eigenvalue weighted by atomic mass is 10.0. The highest BCUT2D eigenvalue weighted by Gasteiger charge is 2.18. The van der Waals surface area contributed by atoms with Gasteiger partial charge in [0, 0.05) is 39.1 Å². The van der Waals surface area contributed by atoms with Crippen molar-refractivity contribution in [2.45, 2.75) is 6.42 Å². The lowest BCUT2D eigenvalue weighted by molar-refractivity contribution is 0.0992. The van der Waals surface area contributed by atoms with Crippen molar-refractivity contribution < 1.29 is 13.6 Å². The molecule has 0 unspecified atom stereocenters. The number of halogens is 3. The van der Waals surface area contributed by atoms with Crippen LogP contribution >= 0.6 is 15.9 Å². The highest BCUT2D eigenvalue weighted by molar-refractivity contribution is 9.10. The van der Waals surface area contributed by atoms with Crippen LogP contribution in [0.5, 0.6) is 0 Å². The fourth-order valence-corrected chi connectivity index (χ4v) is 2.90. The first-order chi connectivity index (χ1) is 10.1. The van der Waals surface area contributed by atoms with E-state index in [0.29, 0.717) is 5.56 Å². The van der Waals surface area contributed by atoms with Gasteiger partial charge >= 0.3 is 0 Å². The van der Waals surface area contributed by atoms with Crippen molar-refractivity contribution >= 4 is 32.6 Å². The van der Waals surface area contributed by atoms with Gasteiger partial charge in [-0.3, -0.25) is 4.79 Å². The van der Waals surface area contributed by atoms with E-state index < -0.39 is 11.6 Å². The zero-order valence-electron chi connectivity index (χ0n) is 10.8. The van der Waals surface area contributed by atoms with Crippen LogP contribution in [0.15, 0.2) is 47.1 Å². The third kappa shape index (κ3) is 2.49. The topological polar surface area (TPSA) is 32.9 Å². The van der Waals surface area contributed by atoms with Gasteiger partial charge in [0.15, 0.2) is 5.78 Å². The third-order valence-corrected chi connectivity index (χ3v) is 4.02. The zero-order valence-corrected chi connectivity index (χ0v) is 12.4. The molecule has 0 amide bonds. The molecule has 3 aromatic rings. The highest BCUT2D eigenvalue weighted by Crippen LogP contribution is 2.28. The second kappa shape index (κ2) is 5.41. The molecule has 0 saturated carbocycles. The van der Waals surface area contributed by atoms with E-state index in [-0.39, 0.29) is 17.8 Å². The zero-order chi connectivity index (χ0) is 15.0. The number of H-pyrrole nitrogens is 1. The van der Waals surface area contributed by atoms with Crippen molar-refractivity contribution in [3.05, 3.63) is 69.8 Å². The summed E-state index contributed by atoms with van der Waals surface area (Å²) in [6, 6.07) is 9.07. The number of ketones is 1. The van der Waals surface area contributed by atoms with Crippen molar-refractivity contribution in [1.82, 2.24) is 4.98 Å². The maximum absolute atomic E-state index is 13.6. The van der Waals surface area contributed by atoms with Gasteiger partial charge in [0.05, 0.1) is 0 Å². The van der Waals surface area contributed by atoms with Crippen molar-refractivity contribution in [1.29, 1.82) is 0 Å². The molecule has 0 aliphatic rings. The lowest BCUT2D eigenvalue weighted by Gasteiger charge is -2.04. The summed E-state index contributed by atoms with van der Waals surface area (Å²) in [5.41, 5.74) is 1.01. The van der Waals surface area contributed by atoms with Crippen LogP contribution in [0.25, 0.3) is 10.9 Å². The minimum Gasteiger partial charge on any atom is -0.360 e. The number of hydrogen-bond donors (Lipinski definition) is 1. The quantitative estimate of drug-likeness (QED) is 0.686. The molecule has 21 heavy (non-hydrogen) atoms. The Hall–Kier alpha value is -2.01. The molecule has 2 nitrogen and oxygen atoms in total. The molecule has 5 heteroatoms. The Morgan fingerprint density at radius 1 is 1.10 bits per heavy atom. The molecule has 1 heterocycles. The number of rotatable bonds is 3. The Labute approximate surface area is 127 Å². The number of benzene rings is 2. The van der Waals surface area contributed by atoms with E-state index in [9.17, 15) is 13.6 Å². The lowest BCUT2D eigenvalue weighted by Crippen LogP contribution is -2.07. The molecule has 0 saturated heterocycles. The maximum atomic E-state index is 13.6. The first-order valence-corrected chi connectivity index (χ1v) is 7.09. The molecule has 106 valence electrons. The van der Waals surface area contributed by atoms with E-state index >= 15 is 0 Å². The van der Waals surface area contributed by atoms with E-state index in [2.05, 4.69) is 20.9 Å². The Bertz CT molecular complexity index is 821. The van der Waals surface area contributed by atoms with Crippen LogP contribution in [-0.4, -0.2) is 10.8 Å². The molecular weight excluding hydrogens is 340 g/mol. The Morgan fingerprint density at radius 3 is 2.48 bits per heavy atom. The normalized spacial score (nSPS) is 11.0. The highest BCUT2D eigenvalue weighted by atomic mass is 79.9. The van der Waals surface area contributed by atoms with Gasteiger partial charge < -0.3 is 4.98 Å². The van der Waals surface area contributed by atoms with Gasteiger partial charge in [-0.1, -0.05) is 28.1 Å². The minimum atomic E-state index is -0.706. The van der Waals surface area contributed by atoms with Gasteiger partial charge in [-0.2, -0.15) is 0 Å². The van der Waals surface area contributed by atoms with Gasteiger partial charge in [-0.15, -0.1) is 0 Å². The summed E-state index contributed by atoms with van der Waals surface area (Å²) in [5.74, 6) is -1.75. The number of fused-ring (bicyclic) bond motifs is 1. The molecule has 0 radical (unpaired) electrons. The molecule has 0 atom stereocenters. The van der Waals surface area contributed by atoms with Crippen LogP contribution in [0.3, 0.4) is 0 Å². The van der Waals surface area contributed by atoms with Gasteiger partial charge in [0.25, 0.3) is 0 Å². The average Bonchev–Trinajstić information content (AvgIpc) is 2.88. The summed E-state index contributed by atoms with van der Waals surface area (Å²) in [5, 5.41) is 0.722. The Morgan fingerprint density at radius 2 is 1.76 bits per heavy atom. The molecule has 3 rings (SSSR count). The molecule has 1 N–H and O–H groups in total. The molecule has 0 aliphatic heterocycles. The predicted octanol–water partition coefficient (Wildman–Crippen LogP) is 4.63. The van der Waals surface area contributed by atoms with Gasteiger partial charge in [0.2, 0.25) is 0 Å². The standard InChI is InChI=1S/C16H10BrF2NO/c17-11-3-1-6-14-16(11)10(8-20-14)15(21)7-9-12(18)4-2-5-13(9)19/h1-6,8,20H,7H2. The predicted molar refractivity (Wildman–Crippen MR) is 80.4 cm³/mol. The summed E-state index contributed by atoms with van der Waals surface area (Å²) in [4.78, 5) is 15.4. The van der Waals surface area contributed by atoms with Crippen LogP contribution in [0.1, 0.15) is 15.9 Å². The number of carbonyl (C=O) groups excluding carboxylic acids is 1. The van der Waals surface area contributed by atoms with Crippen LogP contribution in [-0.2, 0) is 6.42 Å².